The number of ether oxygens (including phenoxy) is 2. The Hall–Kier alpha value is -1.71. The van der Waals surface area contributed by atoms with Gasteiger partial charge in [0.2, 0.25) is 0 Å². The molecule has 100 valence electrons. The first-order valence-electron chi connectivity index (χ1n) is 5.90. The van der Waals surface area contributed by atoms with Crippen LogP contribution < -0.4 is 9.47 Å². The Morgan fingerprint density at radius 2 is 1.74 bits per heavy atom. The number of benzene rings is 2. The van der Waals surface area contributed by atoms with Crippen LogP contribution in [0.3, 0.4) is 0 Å². The van der Waals surface area contributed by atoms with Gasteiger partial charge in [0.1, 0.15) is 5.75 Å². The van der Waals surface area contributed by atoms with Crippen LogP contribution in [-0.2, 0) is 0 Å². The van der Waals surface area contributed by atoms with Gasteiger partial charge in [0.25, 0.3) is 0 Å². The summed E-state index contributed by atoms with van der Waals surface area (Å²) in [5.41, 5.74) is 0.748. The maximum Gasteiger partial charge on any atom is 0.169 e. The summed E-state index contributed by atoms with van der Waals surface area (Å²) < 4.78 is 10.9. The molecule has 0 aliphatic rings. The number of hydrogen-bond acceptors (Lipinski definition) is 3. The predicted octanol–water partition coefficient (Wildman–Crippen LogP) is 4.19. The average molecular weight is 279 g/mol. The van der Waals surface area contributed by atoms with Crippen LogP contribution in [0.25, 0.3) is 0 Å². The number of para-hydroxylation sites is 2. The minimum absolute atomic E-state index is 0.448. The van der Waals surface area contributed by atoms with Crippen LogP contribution in [-0.4, -0.2) is 12.2 Å². The van der Waals surface area contributed by atoms with E-state index in [0.717, 1.165) is 5.56 Å². The summed E-state index contributed by atoms with van der Waals surface area (Å²) in [6, 6.07) is 12.5. The van der Waals surface area contributed by atoms with Crippen LogP contribution in [0, 0.1) is 0 Å². The summed E-state index contributed by atoms with van der Waals surface area (Å²) in [5.74, 6) is 1.76. The lowest BCUT2D eigenvalue weighted by atomic mass is 10.1. The second-order valence-electron chi connectivity index (χ2n) is 4.12. The molecular formula is C15H15ClO3. The summed E-state index contributed by atoms with van der Waals surface area (Å²) in [5, 5.41) is 9.94. The van der Waals surface area contributed by atoms with Crippen LogP contribution in [0.4, 0.5) is 0 Å². The molecule has 2 aromatic rings. The third kappa shape index (κ3) is 3.19. The van der Waals surface area contributed by atoms with Crippen molar-refractivity contribution in [2.75, 3.05) is 7.11 Å². The standard InChI is InChI=1S/C15H15ClO3/c1-10(17)11-7-8-13(12(16)9-11)19-15-6-4-3-5-14(15)18-2/h3-10,17H,1-2H3/t10-/m1/s1. The first-order chi connectivity index (χ1) is 9.11. The molecule has 0 radical (unpaired) electrons. The van der Waals surface area contributed by atoms with E-state index in [-0.39, 0.29) is 0 Å². The molecule has 0 aliphatic heterocycles. The van der Waals surface area contributed by atoms with E-state index < -0.39 is 6.10 Å². The molecular weight excluding hydrogens is 264 g/mol. The molecule has 4 heteroatoms. The fraction of sp³-hybridized carbons (Fsp3) is 0.200. The summed E-state index contributed by atoms with van der Waals surface area (Å²) in [6.45, 7) is 1.69. The first kappa shape index (κ1) is 13.7. The van der Waals surface area contributed by atoms with Crippen molar-refractivity contribution >= 4 is 11.6 Å². The molecule has 0 unspecified atom stereocenters. The highest BCUT2D eigenvalue weighted by Gasteiger charge is 2.09. The Balaban J connectivity index is 2.28. The van der Waals surface area contributed by atoms with Crippen LogP contribution in [0.5, 0.6) is 17.2 Å². The molecule has 0 heterocycles. The number of halogens is 1. The van der Waals surface area contributed by atoms with E-state index in [1.165, 1.54) is 0 Å². The number of hydrogen-bond donors (Lipinski definition) is 1. The molecule has 0 aromatic heterocycles. The highest BCUT2D eigenvalue weighted by Crippen LogP contribution is 2.35. The van der Waals surface area contributed by atoms with Crippen molar-refractivity contribution in [2.45, 2.75) is 13.0 Å². The fourth-order valence-electron chi connectivity index (χ4n) is 1.68. The zero-order valence-corrected chi connectivity index (χ0v) is 11.5. The van der Waals surface area contributed by atoms with Crippen molar-refractivity contribution in [2.24, 2.45) is 0 Å². The smallest absolute Gasteiger partial charge is 0.169 e. The summed E-state index contributed by atoms with van der Waals surface area (Å²) in [7, 11) is 1.58. The molecule has 0 amide bonds. The van der Waals surface area contributed by atoms with Gasteiger partial charge in [-0.2, -0.15) is 0 Å². The van der Waals surface area contributed by atoms with Gasteiger partial charge in [0.15, 0.2) is 11.5 Å². The van der Waals surface area contributed by atoms with Gasteiger partial charge in [-0.25, -0.2) is 0 Å². The molecule has 0 aliphatic carbocycles. The van der Waals surface area contributed by atoms with Crippen LogP contribution in [0.2, 0.25) is 5.02 Å². The van der Waals surface area contributed by atoms with Crippen LogP contribution in [0.1, 0.15) is 18.6 Å². The van der Waals surface area contributed by atoms with Gasteiger partial charge in [0, 0.05) is 0 Å². The number of aliphatic hydroxyl groups is 1. The summed E-state index contributed by atoms with van der Waals surface area (Å²) >= 11 is 6.14. The highest BCUT2D eigenvalue weighted by molar-refractivity contribution is 6.32. The lowest BCUT2D eigenvalue weighted by Crippen LogP contribution is -1.93. The second-order valence-corrected chi connectivity index (χ2v) is 4.53. The zero-order chi connectivity index (χ0) is 13.8. The van der Waals surface area contributed by atoms with Crippen molar-refractivity contribution in [3.63, 3.8) is 0 Å². The molecule has 0 fully saturated rings. The lowest BCUT2D eigenvalue weighted by molar-refractivity contribution is 0.199. The van der Waals surface area contributed by atoms with Gasteiger partial charge in [-0.05, 0) is 36.8 Å². The van der Waals surface area contributed by atoms with E-state index in [1.807, 2.05) is 18.2 Å². The average Bonchev–Trinajstić information content (AvgIpc) is 2.41. The van der Waals surface area contributed by atoms with Crippen molar-refractivity contribution in [3.8, 4) is 17.2 Å². The quantitative estimate of drug-likeness (QED) is 0.911. The van der Waals surface area contributed by atoms with Gasteiger partial charge < -0.3 is 14.6 Å². The van der Waals surface area contributed by atoms with Gasteiger partial charge in [-0.1, -0.05) is 29.8 Å². The van der Waals surface area contributed by atoms with Crippen LogP contribution in [0.15, 0.2) is 42.5 Å². The third-order valence-corrected chi connectivity index (χ3v) is 3.02. The van der Waals surface area contributed by atoms with E-state index in [0.29, 0.717) is 22.3 Å². The molecule has 0 saturated heterocycles. The normalized spacial score (nSPS) is 12.0. The minimum atomic E-state index is -0.558. The highest BCUT2D eigenvalue weighted by atomic mass is 35.5. The fourth-order valence-corrected chi connectivity index (χ4v) is 1.91. The van der Waals surface area contributed by atoms with Crippen LogP contribution >= 0.6 is 11.6 Å². The maximum absolute atomic E-state index is 9.49. The zero-order valence-electron chi connectivity index (χ0n) is 10.8. The Labute approximate surface area is 117 Å². The van der Waals surface area contributed by atoms with E-state index in [1.54, 1.807) is 38.3 Å². The van der Waals surface area contributed by atoms with Gasteiger partial charge in [0.05, 0.1) is 18.2 Å². The third-order valence-electron chi connectivity index (χ3n) is 2.73. The molecule has 3 nitrogen and oxygen atoms in total. The maximum atomic E-state index is 9.49. The Bertz CT molecular complexity index is 567. The Morgan fingerprint density at radius 1 is 1.05 bits per heavy atom. The van der Waals surface area contributed by atoms with E-state index >= 15 is 0 Å². The number of aliphatic hydroxyl groups excluding tert-OH is 1. The number of rotatable bonds is 4. The van der Waals surface area contributed by atoms with Crippen molar-refractivity contribution in [1.29, 1.82) is 0 Å². The number of methoxy groups -OCH3 is 1. The Kier molecular flexibility index (Phi) is 4.30. The monoisotopic (exact) mass is 278 g/mol. The van der Waals surface area contributed by atoms with Crippen molar-refractivity contribution in [1.82, 2.24) is 0 Å². The second kappa shape index (κ2) is 5.95. The molecule has 2 rings (SSSR count). The SMILES string of the molecule is COc1ccccc1Oc1ccc([C@@H](C)O)cc1Cl. The summed E-state index contributed by atoms with van der Waals surface area (Å²) in [6.07, 6.45) is -0.558. The van der Waals surface area contributed by atoms with Crippen molar-refractivity contribution in [3.05, 3.63) is 53.1 Å². The first-order valence-corrected chi connectivity index (χ1v) is 6.28. The van der Waals surface area contributed by atoms with E-state index in [4.69, 9.17) is 21.1 Å². The van der Waals surface area contributed by atoms with E-state index in [9.17, 15) is 5.11 Å². The minimum Gasteiger partial charge on any atom is -0.493 e. The largest absolute Gasteiger partial charge is 0.493 e. The Morgan fingerprint density at radius 3 is 2.32 bits per heavy atom. The van der Waals surface area contributed by atoms with Gasteiger partial charge >= 0.3 is 0 Å². The van der Waals surface area contributed by atoms with Gasteiger partial charge in [-0.15, -0.1) is 0 Å². The molecule has 0 spiro atoms. The lowest BCUT2D eigenvalue weighted by Gasteiger charge is -2.12. The molecule has 1 N–H and O–H groups in total. The molecule has 19 heavy (non-hydrogen) atoms. The molecule has 2 aromatic carbocycles. The molecule has 0 bridgehead atoms. The van der Waals surface area contributed by atoms with Gasteiger partial charge in [-0.3, -0.25) is 0 Å². The van der Waals surface area contributed by atoms with Crippen molar-refractivity contribution < 1.29 is 14.6 Å². The molecule has 1 atom stereocenters. The van der Waals surface area contributed by atoms with E-state index in [2.05, 4.69) is 0 Å². The predicted molar refractivity (Wildman–Crippen MR) is 75.2 cm³/mol. The molecule has 0 saturated carbocycles. The topological polar surface area (TPSA) is 38.7 Å². The summed E-state index contributed by atoms with van der Waals surface area (Å²) in [4.78, 5) is 0.